The number of hydrogen-bond donors (Lipinski definition) is 0. The molecule has 3 rings (SSSR count). The molecule has 0 spiro atoms. The molecule has 1 fully saturated rings. The van der Waals surface area contributed by atoms with Crippen LogP contribution in [0, 0.1) is 3.57 Å². The van der Waals surface area contributed by atoms with E-state index in [0.717, 1.165) is 17.9 Å². The Balaban J connectivity index is 2.23. The van der Waals surface area contributed by atoms with Crippen LogP contribution in [0.15, 0.2) is 12.3 Å². The zero-order valence-electron chi connectivity index (χ0n) is 8.57. The summed E-state index contributed by atoms with van der Waals surface area (Å²) in [6, 6.07) is 2.20. The fraction of sp³-hybridized carbons (Fsp3) is 0.455. The summed E-state index contributed by atoms with van der Waals surface area (Å²) < 4.78 is 3.16. The smallest absolute Gasteiger partial charge is 0.158 e. The molecule has 0 N–H and O–H groups in total. The maximum absolute atomic E-state index is 4.64. The zero-order valence-corrected chi connectivity index (χ0v) is 10.7. The van der Waals surface area contributed by atoms with E-state index < -0.39 is 0 Å². The second-order valence-electron chi connectivity index (χ2n) is 4.05. The first-order valence-corrected chi connectivity index (χ1v) is 6.40. The molecular formula is C11H12IN3. The van der Waals surface area contributed by atoms with Crippen molar-refractivity contribution in [2.45, 2.75) is 32.1 Å². The van der Waals surface area contributed by atoms with E-state index >= 15 is 0 Å². The first kappa shape index (κ1) is 9.57. The van der Waals surface area contributed by atoms with Gasteiger partial charge in [-0.1, -0.05) is 6.92 Å². The summed E-state index contributed by atoms with van der Waals surface area (Å²) in [7, 11) is 0. The first-order chi connectivity index (χ1) is 7.28. The van der Waals surface area contributed by atoms with Crippen LogP contribution in [0.4, 0.5) is 0 Å². The Kier molecular flexibility index (Phi) is 2.19. The topological polar surface area (TPSA) is 30.2 Å². The predicted octanol–water partition coefficient (Wildman–Crippen LogP) is 2.77. The van der Waals surface area contributed by atoms with E-state index in [1.807, 2.05) is 10.7 Å². The molecule has 0 aliphatic heterocycles. The van der Waals surface area contributed by atoms with Crippen LogP contribution in [0.5, 0.6) is 0 Å². The second kappa shape index (κ2) is 3.43. The maximum Gasteiger partial charge on any atom is 0.158 e. The third-order valence-corrected chi connectivity index (χ3v) is 3.41. The molecule has 4 heteroatoms. The van der Waals surface area contributed by atoms with Crippen molar-refractivity contribution in [2.75, 3.05) is 0 Å². The quantitative estimate of drug-likeness (QED) is 0.798. The SMILES string of the molecule is CCc1cc(I)cn2nc(C3CC3)nc12. The highest BCUT2D eigenvalue weighted by Crippen LogP contribution is 2.38. The number of rotatable bonds is 2. The minimum atomic E-state index is 0.632. The maximum atomic E-state index is 4.64. The fourth-order valence-electron chi connectivity index (χ4n) is 1.81. The molecule has 1 saturated carbocycles. The molecule has 0 atom stereocenters. The predicted molar refractivity (Wildman–Crippen MR) is 67.1 cm³/mol. The number of hydrogen-bond acceptors (Lipinski definition) is 2. The van der Waals surface area contributed by atoms with Gasteiger partial charge in [0.15, 0.2) is 11.5 Å². The number of nitrogens with zero attached hydrogens (tertiary/aromatic N) is 3. The van der Waals surface area contributed by atoms with Crippen LogP contribution in [-0.2, 0) is 6.42 Å². The van der Waals surface area contributed by atoms with Crippen LogP contribution in [0.2, 0.25) is 0 Å². The lowest BCUT2D eigenvalue weighted by atomic mass is 10.2. The van der Waals surface area contributed by atoms with Gasteiger partial charge >= 0.3 is 0 Å². The van der Waals surface area contributed by atoms with Gasteiger partial charge in [0, 0.05) is 15.7 Å². The number of aryl methyl sites for hydroxylation is 1. The lowest BCUT2D eigenvalue weighted by Crippen LogP contribution is -1.94. The van der Waals surface area contributed by atoms with Crippen molar-refractivity contribution in [2.24, 2.45) is 0 Å². The van der Waals surface area contributed by atoms with Crippen molar-refractivity contribution in [1.82, 2.24) is 14.6 Å². The highest BCUT2D eigenvalue weighted by atomic mass is 127. The van der Waals surface area contributed by atoms with Gasteiger partial charge in [0.1, 0.15) is 0 Å². The number of fused-ring (bicyclic) bond motifs is 1. The Morgan fingerprint density at radius 3 is 3.00 bits per heavy atom. The van der Waals surface area contributed by atoms with E-state index in [4.69, 9.17) is 0 Å². The molecule has 78 valence electrons. The third-order valence-electron chi connectivity index (χ3n) is 2.82. The van der Waals surface area contributed by atoms with E-state index in [2.05, 4.69) is 45.7 Å². The average Bonchev–Trinajstić information content (AvgIpc) is 2.98. The summed E-state index contributed by atoms with van der Waals surface area (Å²) in [6.07, 6.45) is 5.59. The van der Waals surface area contributed by atoms with Crippen molar-refractivity contribution < 1.29 is 0 Å². The van der Waals surface area contributed by atoms with Gasteiger partial charge in [-0.15, -0.1) is 0 Å². The Labute approximate surface area is 102 Å². The van der Waals surface area contributed by atoms with Gasteiger partial charge in [0.05, 0.1) is 0 Å². The van der Waals surface area contributed by atoms with Gasteiger partial charge in [-0.2, -0.15) is 5.10 Å². The highest BCUT2D eigenvalue weighted by Gasteiger charge is 2.28. The monoisotopic (exact) mass is 313 g/mol. The Bertz CT molecular complexity index is 514. The van der Waals surface area contributed by atoms with Crippen molar-refractivity contribution in [1.29, 1.82) is 0 Å². The lowest BCUT2D eigenvalue weighted by Gasteiger charge is -1.99. The minimum absolute atomic E-state index is 0.632. The first-order valence-electron chi connectivity index (χ1n) is 5.32. The molecule has 3 nitrogen and oxygen atoms in total. The number of pyridine rings is 1. The van der Waals surface area contributed by atoms with Crippen LogP contribution >= 0.6 is 22.6 Å². The zero-order chi connectivity index (χ0) is 10.4. The van der Waals surface area contributed by atoms with Gasteiger partial charge in [-0.3, -0.25) is 0 Å². The number of halogens is 1. The van der Waals surface area contributed by atoms with E-state index in [9.17, 15) is 0 Å². The molecule has 0 amide bonds. The Hall–Kier alpha value is -0.650. The molecule has 1 aliphatic carbocycles. The molecule has 2 aromatic rings. The largest absolute Gasteiger partial charge is 0.220 e. The van der Waals surface area contributed by atoms with Crippen LogP contribution in [0.25, 0.3) is 5.65 Å². The molecule has 0 radical (unpaired) electrons. The van der Waals surface area contributed by atoms with Gasteiger partial charge in [-0.05, 0) is 53.5 Å². The normalized spacial score (nSPS) is 16.1. The standard InChI is InChI=1S/C11H12IN3/c1-2-7-5-9(12)6-15-11(7)13-10(14-15)8-3-4-8/h5-6,8H,2-4H2,1H3. The van der Waals surface area contributed by atoms with Crippen LogP contribution < -0.4 is 0 Å². The van der Waals surface area contributed by atoms with Gasteiger partial charge in [0.2, 0.25) is 0 Å². The van der Waals surface area contributed by atoms with E-state index in [1.165, 1.54) is 22.0 Å². The summed E-state index contributed by atoms with van der Waals surface area (Å²) in [6.45, 7) is 2.16. The van der Waals surface area contributed by atoms with E-state index in [1.54, 1.807) is 0 Å². The second-order valence-corrected chi connectivity index (χ2v) is 5.30. The van der Waals surface area contributed by atoms with Gasteiger partial charge < -0.3 is 0 Å². The minimum Gasteiger partial charge on any atom is -0.220 e. The molecule has 1 aliphatic rings. The number of aromatic nitrogens is 3. The van der Waals surface area contributed by atoms with Crippen molar-refractivity contribution in [3.63, 3.8) is 0 Å². The molecular weight excluding hydrogens is 301 g/mol. The highest BCUT2D eigenvalue weighted by molar-refractivity contribution is 14.1. The summed E-state index contributed by atoms with van der Waals surface area (Å²) in [5, 5.41) is 4.54. The molecule has 0 aromatic carbocycles. The molecule has 0 bridgehead atoms. The molecule has 2 heterocycles. The van der Waals surface area contributed by atoms with Gasteiger partial charge in [-0.25, -0.2) is 9.50 Å². The van der Waals surface area contributed by atoms with Crippen LogP contribution in [-0.4, -0.2) is 14.6 Å². The van der Waals surface area contributed by atoms with Crippen molar-refractivity contribution >= 4 is 28.2 Å². The van der Waals surface area contributed by atoms with Crippen LogP contribution in [0.1, 0.15) is 37.1 Å². The Morgan fingerprint density at radius 1 is 1.53 bits per heavy atom. The lowest BCUT2D eigenvalue weighted by molar-refractivity contribution is 0.872. The van der Waals surface area contributed by atoms with Crippen molar-refractivity contribution in [3.05, 3.63) is 27.2 Å². The van der Waals surface area contributed by atoms with Gasteiger partial charge in [0.25, 0.3) is 0 Å². The summed E-state index contributed by atoms with van der Waals surface area (Å²) in [5.41, 5.74) is 2.33. The van der Waals surface area contributed by atoms with E-state index in [0.29, 0.717) is 5.92 Å². The summed E-state index contributed by atoms with van der Waals surface area (Å²) >= 11 is 2.33. The molecule has 0 saturated heterocycles. The summed E-state index contributed by atoms with van der Waals surface area (Å²) in [5.74, 6) is 1.67. The molecule has 0 unspecified atom stereocenters. The fourth-order valence-corrected chi connectivity index (χ4v) is 2.45. The molecule has 15 heavy (non-hydrogen) atoms. The third kappa shape index (κ3) is 1.64. The van der Waals surface area contributed by atoms with Crippen molar-refractivity contribution in [3.8, 4) is 0 Å². The molecule has 2 aromatic heterocycles. The average molecular weight is 313 g/mol. The Morgan fingerprint density at radius 2 is 2.33 bits per heavy atom. The van der Waals surface area contributed by atoms with Crippen LogP contribution in [0.3, 0.4) is 0 Å². The van der Waals surface area contributed by atoms with E-state index in [-0.39, 0.29) is 0 Å². The summed E-state index contributed by atoms with van der Waals surface area (Å²) in [4.78, 5) is 4.64.